The van der Waals surface area contributed by atoms with Crippen molar-refractivity contribution in [3.8, 4) is 0 Å². The van der Waals surface area contributed by atoms with Gasteiger partial charge in [0, 0.05) is 5.69 Å². The third-order valence-electron chi connectivity index (χ3n) is 2.04. The Bertz CT molecular complexity index is 311. The van der Waals surface area contributed by atoms with Gasteiger partial charge in [-0.05, 0) is 24.5 Å². The van der Waals surface area contributed by atoms with Gasteiger partial charge in [-0.2, -0.15) is 12.6 Å². The molecule has 0 fully saturated rings. The van der Waals surface area contributed by atoms with Crippen LogP contribution in [0, 0.1) is 5.92 Å². The van der Waals surface area contributed by atoms with Gasteiger partial charge in [-0.3, -0.25) is 4.79 Å². The van der Waals surface area contributed by atoms with E-state index in [1.54, 1.807) is 0 Å². The summed E-state index contributed by atoms with van der Waals surface area (Å²) in [5.74, 6) is 0.451. The van der Waals surface area contributed by atoms with Crippen molar-refractivity contribution in [1.29, 1.82) is 0 Å². The summed E-state index contributed by atoms with van der Waals surface area (Å²) in [4.78, 5) is 11.7. The SMILES string of the molecule is CC(C)CC(S)C(=O)Nc1ccccc1. The summed E-state index contributed by atoms with van der Waals surface area (Å²) in [6, 6.07) is 9.45. The van der Waals surface area contributed by atoms with Crippen molar-refractivity contribution in [3.63, 3.8) is 0 Å². The Morgan fingerprint density at radius 2 is 1.93 bits per heavy atom. The Hall–Kier alpha value is -0.960. The van der Waals surface area contributed by atoms with Gasteiger partial charge in [0.1, 0.15) is 0 Å². The molecule has 1 amide bonds. The van der Waals surface area contributed by atoms with Gasteiger partial charge < -0.3 is 5.32 Å². The van der Waals surface area contributed by atoms with Crippen LogP contribution in [0.15, 0.2) is 30.3 Å². The molecule has 1 rings (SSSR count). The van der Waals surface area contributed by atoms with Crippen molar-refractivity contribution < 1.29 is 4.79 Å². The van der Waals surface area contributed by atoms with E-state index in [2.05, 4.69) is 31.8 Å². The van der Waals surface area contributed by atoms with E-state index in [4.69, 9.17) is 0 Å². The van der Waals surface area contributed by atoms with Gasteiger partial charge in [0.05, 0.1) is 5.25 Å². The molecule has 1 atom stereocenters. The molecule has 0 bridgehead atoms. The van der Waals surface area contributed by atoms with E-state index in [1.165, 1.54) is 0 Å². The van der Waals surface area contributed by atoms with Crippen LogP contribution >= 0.6 is 12.6 Å². The predicted molar refractivity (Wildman–Crippen MR) is 67.3 cm³/mol. The first-order valence-electron chi connectivity index (χ1n) is 5.13. The third-order valence-corrected chi connectivity index (χ3v) is 2.48. The molecule has 0 aliphatic heterocycles. The monoisotopic (exact) mass is 223 g/mol. The molecular formula is C12H17NOS. The highest BCUT2D eigenvalue weighted by atomic mass is 32.1. The molecule has 0 heterocycles. The summed E-state index contributed by atoms with van der Waals surface area (Å²) in [6.07, 6.45) is 0.793. The van der Waals surface area contributed by atoms with Crippen molar-refractivity contribution in [2.75, 3.05) is 5.32 Å². The van der Waals surface area contributed by atoms with Crippen LogP contribution in [0.3, 0.4) is 0 Å². The largest absolute Gasteiger partial charge is 0.325 e. The fourth-order valence-electron chi connectivity index (χ4n) is 1.30. The van der Waals surface area contributed by atoms with Gasteiger partial charge in [-0.1, -0.05) is 32.0 Å². The van der Waals surface area contributed by atoms with E-state index in [0.717, 1.165) is 12.1 Å². The molecule has 0 spiro atoms. The quantitative estimate of drug-likeness (QED) is 0.755. The molecule has 0 aliphatic carbocycles. The minimum atomic E-state index is -0.231. The van der Waals surface area contributed by atoms with Crippen molar-refractivity contribution >= 4 is 24.2 Å². The number of para-hydroxylation sites is 1. The van der Waals surface area contributed by atoms with E-state index in [0.29, 0.717) is 5.92 Å². The zero-order chi connectivity index (χ0) is 11.3. The maximum absolute atomic E-state index is 11.7. The summed E-state index contributed by atoms with van der Waals surface area (Å²) in [5, 5.41) is 2.60. The number of amides is 1. The number of benzene rings is 1. The van der Waals surface area contributed by atoms with Crippen LogP contribution in [0.4, 0.5) is 5.69 Å². The molecule has 0 radical (unpaired) electrons. The van der Waals surface area contributed by atoms with Crippen LogP contribution in [0.25, 0.3) is 0 Å². The number of carbonyl (C=O) groups excluding carboxylic acids is 1. The lowest BCUT2D eigenvalue weighted by Gasteiger charge is -2.13. The van der Waals surface area contributed by atoms with Crippen molar-refractivity contribution in [3.05, 3.63) is 30.3 Å². The second-order valence-corrected chi connectivity index (χ2v) is 4.62. The highest BCUT2D eigenvalue weighted by Gasteiger charge is 2.14. The zero-order valence-corrected chi connectivity index (χ0v) is 10.00. The molecule has 0 aromatic heterocycles. The number of anilines is 1. The van der Waals surface area contributed by atoms with Gasteiger partial charge in [0.25, 0.3) is 0 Å². The molecule has 1 unspecified atom stereocenters. The predicted octanol–water partition coefficient (Wildman–Crippen LogP) is 2.97. The number of carbonyl (C=O) groups is 1. The molecule has 3 heteroatoms. The summed E-state index contributed by atoms with van der Waals surface area (Å²) in [7, 11) is 0. The Balaban J connectivity index is 2.49. The first-order valence-corrected chi connectivity index (χ1v) is 5.65. The minimum Gasteiger partial charge on any atom is -0.325 e. The molecule has 0 saturated carbocycles. The fraction of sp³-hybridized carbons (Fsp3) is 0.417. The number of rotatable bonds is 4. The van der Waals surface area contributed by atoms with Crippen molar-refractivity contribution in [2.24, 2.45) is 5.92 Å². The summed E-state index contributed by atoms with van der Waals surface area (Å²) < 4.78 is 0. The highest BCUT2D eigenvalue weighted by molar-refractivity contribution is 7.81. The molecule has 0 aliphatic rings. The fourth-order valence-corrected chi connectivity index (χ4v) is 1.79. The summed E-state index contributed by atoms with van der Waals surface area (Å²) >= 11 is 4.28. The Morgan fingerprint density at radius 1 is 1.33 bits per heavy atom. The molecule has 1 N–H and O–H groups in total. The minimum absolute atomic E-state index is 0.0294. The van der Waals surface area contributed by atoms with Crippen LogP contribution in [0.5, 0.6) is 0 Å². The zero-order valence-electron chi connectivity index (χ0n) is 9.10. The van der Waals surface area contributed by atoms with Crippen LogP contribution in [-0.4, -0.2) is 11.2 Å². The molecule has 15 heavy (non-hydrogen) atoms. The average molecular weight is 223 g/mol. The Morgan fingerprint density at radius 3 is 2.47 bits per heavy atom. The number of thiol groups is 1. The summed E-state index contributed by atoms with van der Waals surface area (Å²) in [6.45, 7) is 4.16. The van der Waals surface area contributed by atoms with E-state index >= 15 is 0 Å². The molecule has 82 valence electrons. The van der Waals surface area contributed by atoms with E-state index in [9.17, 15) is 4.79 Å². The molecule has 1 aromatic rings. The van der Waals surface area contributed by atoms with Gasteiger partial charge in [0.2, 0.25) is 5.91 Å². The second-order valence-electron chi connectivity index (χ2n) is 4.00. The lowest BCUT2D eigenvalue weighted by atomic mass is 10.1. The highest BCUT2D eigenvalue weighted by Crippen LogP contribution is 2.13. The van der Waals surface area contributed by atoms with Crippen LogP contribution in [0.2, 0.25) is 0 Å². The molecular weight excluding hydrogens is 206 g/mol. The molecule has 2 nitrogen and oxygen atoms in total. The topological polar surface area (TPSA) is 29.1 Å². The number of nitrogens with one attached hydrogen (secondary N) is 1. The maximum Gasteiger partial charge on any atom is 0.237 e. The van der Waals surface area contributed by atoms with E-state index in [-0.39, 0.29) is 11.2 Å². The first-order chi connectivity index (χ1) is 7.09. The number of hydrogen-bond acceptors (Lipinski definition) is 2. The van der Waals surface area contributed by atoms with Gasteiger partial charge in [0.15, 0.2) is 0 Å². The van der Waals surface area contributed by atoms with Gasteiger partial charge in [-0.25, -0.2) is 0 Å². The van der Waals surface area contributed by atoms with Crippen molar-refractivity contribution in [1.82, 2.24) is 0 Å². The second kappa shape index (κ2) is 5.81. The van der Waals surface area contributed by atoms with Crippen LogP contribution in [-0.2, 0) is 4.79 Å². The Labute approximate surface area is 96.5 Å². The molecule has 0 saturated heterocycles. The van der Waals surface area contributed by atoms with Gasteiger partial charge in [-0.15, -0.1) is 0 Å². The van der Waals surface area contributed by atoms with Crippen LogP contribution in [0.1, 0.15) is 20.3 Å². The Kier molecular flexibility index (Phi) is 4.69. The standard InChI is InChI=1S/C12H17NOS/c1-9(2)8-11(15)12(14)13-10-6-4-3-5-7-10/h3-7,9,11,15H,8H2,1-2H3,(H,13,14). The summed E-state index contributed by atoms with van der Waals surface area (Å²) in [5.41, 5.74) is 0.824. The lowest BCUT2D eigenvalue weighted by Crippen LogP contribution is -2.24. The molecule has 1 aromatic carbocycles. The van der Waals surface area contributed by atoms with Crippen LogP contribution < -0.4 is 5.32 Å². The van der Waals surface area contributed by atoms with E-state index in [1.807, 2.05) is 30.3 Å². The maximum atomic E-state index is 11.7. The normalized spacial score (nSPS) is 12.5. The lowest BCUT2D eigenvalue weighted by molar-refractivity contribution is -0.115. The van der Waals surface area contributed by atoms with Gasteiger partial charge >= 0.3 is 0 Å². The van der Waals surface area contributed by atoms with Crippen molar-refractivity contribution in [2.45, 2.75) is 25.5 Å². The first kappa shape index (κ1) is 12.1. The smallest absolute Gasteiger partial charge is 0.237 e. The van der Waals surface area contributed by atoms with E-state index < -0.39 is 0 Å². The number of hydrogen-bond donors (Lipinski definition) is 2. The third kappa shape index (κ3) is 4.38. The average Bonchev–Trinajstić information content (AvgIpc) is 2.18.